The molecule has 0 spiro atoms. The van der Waals surface area contributed by atoms with Gasteiger partial charge in [-0.25, -0.2) is 0 Å². The third kappa shape index (κ3) is 1.18. The third-order valence-corrected chi connectivity index (χ3v) is 1.56. The minimum atomic E-state index is -0.584. The maximum atomic E-state index is 8.90. The van der Waals surface area contributed by atoms with E-state index in [1.807, 2.05) is 0 Å². The van der Waals surface area contributed by atoms with Crippen molar-refractivity contribution < 1.29 is 5.11 Å². The van der Waals surface area contributed by atoms with Gasteiger partial charge in [0, 0.05) is 6.42 Å². The lowest BCUT2D eigenvalue weighted by Crippen LogP contribution is -2.46. The average Bonchev–Trinajstić information content (AvgIpc) is 1.82. The van der Waals surface area contributed by atoms with Gasteiger partial charge in [-0.15, -0.1) is 0 Å². The fourth-order valence-corrected chi connectivity index (χ4v) is 1.08. The van der Waals surface area contributed by atoms with E-state index in [9.17, 15) is 0 Å². The smallest absolute Gasteiger partial charge is 0.0662 e. The molecule has 0 aromatic heterocycles. The normalized spacial score (nSPS) is 35.6. The van der Waals surface area contributed by atoms with Gasteiger partial charge in [-0.05, 0) is 12.8 Å². The number of aliphatic hydroxyl groups is 1. The second kappa shape index (κ2) is 1.69. The molecule has 0 bridgehead atoms. The fraction of sp³-hybridized carbons (Fsp3) is 1.00. The second-order valence-corrected chi connectivity index (χ2v) is 2.63. The molecule has 1 fully saturated rings. The summed E-state index contributed by atoms with van der Waals surface area (Å²) in [6, 6.07) is 0. The minimum absolute atomic E-state index is 0.259. The van der Waals surface area contributed by atoms with Crippen molar-refractivity contribution in [2.75, 3.05) is 0 Å². The van der Waals surface area contributed by atoms with Gasteiger partial charge in [0.1, 0.15) is 0 Å². The predicted molar refractivity (Wildman–Crippen MR) is 31.0 cm³/mol. The van der Waals surface area contributed by atoms with Gasteiger partial charge < -0.3 is 16.6 Å². The first kappa shape index (κ1) is 6.01. The lowest BCUT2D eigenvalue weighted by atomic mass is 10.2. The minimum Gasteiger partial charge on any atom is -0.393 e. The van der Waals surface area contributed by atoms with Gasteiger partial charge in [0.15, 0.2) is 0 Å². The Morgan fingerprint density at radius 3 is 2.25 bits per heavy atom. The number of hydrogen-bond acceptors (Lipinski definition) is 3. The number of aliphatic hydroxyl groups excluding tert-OH is 1. The highest BCUT2D eigenvalue weighted by Crippen LogP contribution is 2.22. The van der Waals surface area contributed by atoms with E-state index in [0.717, 1.165) is 12.8 Å². The largest absolute Gasteiger partial charge is 0.393 e. The van der Waals surface area contributed by atoms with E-state index in [2.05, 4.69) is 0 Å². The summed E-state index contributed by atoms with van der Waals surface area (Å²) < 4.78 is 0. The summed E-state index contributed by atoms with van der Waals surface area (Å²) in [4.78, 5) is 0. The highest BCUT2D eigenvalue weighted by molar-refractivity contribution is 4.87. The van der Waals surface area contributed by atoms with Crippen molar-refractivity contribution in [2.24, 2.45) is 11.5 Å². The molecule has 48 valence electrons. The van der Waals surface area contributed by atoms with Crippen molar-refractivity contribution in [1.82, 2.24) is 0 Å². The highest BCUT2D eigenvalue weighted by Gasteiger charge is 2.30. The molecule has 0 unspecified atom stereocenters. The molecule has 0 aliphatic heterocycles. The molecule has 1 saturated carbocycles. The van der Waals surface area contributed by atoms with E-state index in [-0.39, 0.29) is 6.10 Å². The Morgan fingerprint density at radius 2 is 2.12 bits per heavy atom. The van der Waals surface area contributed by atoms with Crippen molar-refractivity contribution in [3.8, 4) is 0 Å². The Bertz CT molecular complexity index is 92.4. The zero-order valence-corrected chi connectivity index (χ0v) is 4.80. The molecule has 0 heterocycles. The Labute approximate surface area is 48.7 Å². The molecule has 0 saturated heterocycles. The molecule has 1 rings (SSSR count). The van der Waals surface area contributed by atoms with E-state index < -0.39 is 5.66 Å². The maximum absolute atomic E-state index is 8.90. The fourth-order valence-electron chi connectivity index (χ4n) is 1.08. The van der Waals surface area contributed by atoms with Crippen molar-refractivity contribution >= 4 is 0 Å². The summed E-state index contributed by atoms with van der Waals surface area (Å²) in [6.07, 6.45) is 1.79. The molecule has 1 atom stereocenters. The molecule has 0 amide bonds. The van der Waals surface area contributed by atoms with Crippen LogP contribution in [0.2, 0.25) is 0 Å². The van der Waals surface area contributed by atoms with Crippen LogP contribution < -0.4 is 11.5 Å². The lowest BCUT2D eigenvalue weighted by molar-refractivity contribution is 0.174. The van der Waals surface area contributed by atoms with Gasteiger partial charge in [0.25, 0.3) is 0 Å². The molecule has 0 aromatic carbocycles. The molecule has 1 aliphatic carbocycles. The summed E-state index contributed by atoms with van der Waals surface area (Å²) >= 11 is 0. The van der Waals surface area contributed by atoms with Crippen molar-refractivity contribution in [3.05, 3.63) is 0 Å². The first-order chi connectivity index (χ1) is 3.60. The average molecular weight is 116 g/mol. The van der Waals surface area contributed by atoms with Crippen LogP contribution in [-0.4, -0.2) is 16.9 Å². The molecule has 0 radical (unpaired) electrons. The van der Waals surface area contributed by atoms with Crippen LogP contribution in [0, 0.1) is 0 Å². The van der Waals surface area contributed by atoms with Crippen LogP contribution in [0.4, 0.5) is 0 Å². The lowest BCUT2D eigenvalue weighted by Gasteiger charge is -2.15. The molecule has 3 nitrogen and oxygen atoms in total. The maximum Gasteiger partial charge on any atom is 0.0662 e. The van der Waals surface area contributed by atoms with Gasteiger partial charge in [-0.2, -0.15) is 0 Å². The molecule has 3 heteroatoms. The van der Waals surface area contributed by atoms with Gasteiger partial charge in [-0.1, -0.05) is 0 Å². The van der Waals surface area contributed by atoms with Gasteiger partial charge >= 0.3 is 0 Å². The Balaban J connectivity index is 2.44. The molecule has 0 aromatic rings. The van der Waals surface area contributed by atoms with E-state index in [0.29, 0.717) is 6.42 Å². The van der Waals surface area contributed by atoms with E-state index in [1.54, 1.807) is 0 Å². The van der Waals surface area contributed by atoms with Crippen LogP contribution in [0.25, 0.3) is 0 Å². The number of hydrogen-bond donors (Lipinski definition) is 3. The molecular weight excluding hydrogens is 104 g/mol. The van der Waals surface area contributed by atoms with Crippen molar-refractivity contribution in [1.29, 1.82) is 0 Å². The Kier molecular flexibility index (Phi) is 1.27. The van der Waals surface area contributed by atoms with Crippen LogP contribution in [0.15, 0.2) is 0 Å². The predicted octanol–water partition coefficient (Wildman–Crippen LogP) is -0.855. The van der Waals surface area contributed by atoms with Crippen LogP contribution >= 0.6 is 0 Å². The molecular formula is C5H12N2O. The summed E-state index contributed by atoms with van der Waals surface area (Å²) in [7, 11) is 0. The summed E-state index contributed by atoms with van der Waals surface area (Å²) in [5.74, 6) is 0. The van der Waals surface area contributed by atoms with Crippen LogP contribution in [0.3, 0.4) is 0 Å². The third-order valence-electron chi connectivity index (χ3n) is 1.56. The van der Waals surface area contributed by atoms with Gasteiger partial charge in [0.2, 0.25) is 0 Å². The first-order valence-corrected chi connectivity index (χ1v) is 2.86. The van der Waals surface area contributed by atoms with Gasteiger partial charge in [-0.3, -0.25) is 0 Å². The molecule has 1 aliphatic rings. The van der Waals surface area contributed by atoms with Crippen LogP contribution in [0.1, 0.15) is 19.3 Å². The Hall–Kier alpha value is -0.120. The zero-order valence-electron chi connectivity index (χ0n) is 4.80. The van der Waals surface area contributed by atoms with Crippen molar-refractivity contribution in [2.45, 2.75) is 31.0 Å². The monoisotopic (exact) mass is 116 g/mol. The molecule has 5 N–H and O–H groups in total. The van der Waals surface area contributed by atoms with Gasteiger partial charge in [0.05, 0.1) is 11.8 Å². The van der Waals surface area contributed by atoms with Crippen LogP contribution in [-0.2, 0) is 0 Å². The SMILES string of the molecule is NC1(N)CC[C@@H](O)C1. The zero-order chi connectivity index (χ0) is 6.20. The molecule has 8 heavy (non-hydrogen) atoms. The number of rotatable bonds is 0. The highest BCUT2D eigenvalue weighted by atomic mass is 16.3. The van der Waals surface area contributed by atoms with E-state index in [1.165, 1.54) is 0 Å². The standard InChI is InChI=1S/C5H12N2O/c6-5(7)2-1-4(8)3-5/h4,8H,1-3,6-7H2/t4-/m1/s1. The quantitative estimate of drug-likeness (QED) is 0.361. The van der Waals surface area contributed by atoms with Crippen LogP contribution in [0.5, 0.6) is 0 Å². The summed E-state index contributed by atoms with van der Waals surface area (Å²) in [5.41, 5.74) is 10.4. The number of nitrogens with two attached hydrogens (primary N) is 2. The first-order valence-electron chi connectivity index (χ1n) is 2.86. The second-order valence-electron chi connectivity index (χ2n) is 2.63. The van der Waals surface area contributed by atoms with Crippen molar-refractivity contribution in [3.63, 3.8) is 0 Å². The topological polar surface area (TPSA) is 72.3 Å². The van der Waals surface area contributed by atoms with E-state index >= 15 is 0 Å². The summed E-state index contributed by atoms with van der Waals surface area (Å²) in [6.45, 7) is 0. The summed E-state index contributed by atoms with van der Waals surface area (Å²) in [5, 5.41) is 8.90. The van der Waals surface area contributed by atoms with E-state index in [4.69, 9.17) is 16.6 Å². The Morgan fingerprint density at radius 1 is 1.50 bits per heavy atom.